The summed E-state index contributed by atoms with van der Waals surface area (Å²) in [5.41, 5.74) is 2.97. The number of benzene rings is 2. The smallest absolute Gasteiger partial charge is 0.257 e. The number of anilines is 1. The third-order valence-electron chi connectivity index (χ3n) is 3.38. The van der Waals surface area contributed by atoms with Crippen LogP contribution >= 0.6 is 11.3 Å². The largest absolute Gasteiger partial charge is 0.298 e. The Balaban J connectivity index is 1.82. The lowest BCUT2D eigenvalue weighted by atomic mass is 10.1. The second-order valence-corrected chi connectivity index (χ2v) is 8.89. The molecular weight excluding hydrogens is 344 g/mol. The van der Waals surface area contributed by atoms with Crippen molar-refractivity contribution in [1.29, 1.82) is 0 Å². The molecule has 3 rings (SSSR count). The zero-order valence-electron chi connectivity index (χ0n) is 13.2. The van der Waals surface area contributed by atoms with Gasteiger partial charge in [0, 0.05) is 11.8 Å². The molecule has 1 amide bonds. The number of nitrogens with zero attached hydrogens (tertiary/aromatic N) is 1. The number of rotatable bonds is 4. The number of thiazole rings is 1. The van der Waals surface area contributed by atoms with Gasteiger partial charge in [0.1, 0.15) is 0 Å². The Hall–Kier alpha value is -2.25. The monoisotopic (exact) mass is 360 g/mol. The molecular formula is C17H16N2O3S2. The minimum Gasteiger partial charge on any atom is -0.298 e. The van der Waals surface area contributed by atoms with Crippen LogP contribution < -0.4 is 5.32 Å². The first kappa shape index (κ1) is 16.6. The molecule has 0 radical (unpaired) electrons. The molecule has 3 aromatic rings. The van der Waals surface area contributed by atoms with Gasteiger partial charge < -0.3 is 0 Å². The highest BCUT2D eigenvalue weighted by atomic mass is 32.2. The highest BCUT2D eigenvalue weighted by Gasteiger charge is 2.12. The molecule has 5 nitrogen and oxygen atoms in total. The van der Waals surface area contributed by atoms with Gasteiger partial charge >= 0.3 is 0 Å². The Bertz CT molecular complexity index is 1020. The average Bonchev–Trinajstić information content (AvgIpc) is 2.87. The molecule has 0 bridgehead atoms. The second-order valence-electron chi connectivity index (χ2n) is 5.71. The molecule has 0 aliphatic heterocycles. The predicted molar refractivity (Wildman–Crippen MR) is 97.3 cm³/mol. The number of sulfone groups is 1. The fourth-order valence-electron chi connectivity index (χ4n) is 2.36. The van der Waals surface area contributed by atoms with Crippen LogP contribution in [0, 0.1) is 6.92 Å². The summed E-state index contributed by atoms with van der Waals surface area (Å²) in [7, 11) is -3.14. The van der Waals surface area contributed by atoms with E-state index in [9.17, 15) is 13.2 Å². The number of aromatic nitrogens is 1. The molecule has 7 heteroatoms. The first-order chi connectivity index (χ1) is 11.3. The number of nitrogens with one attached hydrogen (secondary N) is 1. The minimum absolute atomic E-state index is 0.0888. The molecule has 124 valence electrons. The number of hydrogen-bond donors (Lipinski definition) is 1. The molecule has 0 aliphatic rings. The normalized spacial score (nSPS) is 11.6. The summed E-state index contributed by atoms with van der Waals surface area (Å²) in [5.74, 6) is -0.393. The summed E-state index contributed by atoms with van der Waals surface area (Å²) in [6.07, 6.45) is 1.17. The lowest BCUT2D eigenvalue weighted by Crippen LogP contribution is -2.12. The highest BCUT2D eigenvalue weighted by molar-refractivity contribution is 7.89. The van der Waals surface area contributed by atoms with Gasteiger partial charge in [-0.05, 0) is 42.3 Å². The van der Waals surface area contributed by atoms with E-state index >= 15 is 0 Å². The van der Waals surface area contributed by atoms with Gasteiger partial charge in [-0.3, -0.25) is 10.1 Å². The van der Waals surface area contributed by atoms with E-state index in [1.54, 1.807) is 24.3 Å². The molecule has 0 saturated heterocycles. The summed E-state index contributed by atoms with van der Waals surface area (Å²) < 4.78 is 23.8. The molecule has 0 atom stereocenters. The van der Waals surface area contributed by atoms with Crippen molar-refractivity contribution >= 4 is 42.4 Å². The van der Waals surface area contributed by atoms with E-state index in [4.69, 9.17) is 0 Å². The SMILES string of the molecule is Cc1ccc2nc(NC(=O)c3cccc(CS(C)(=O)=O)c3)sc2c1. The zero-order valence-corrected chi connectivity index (χ0v) is 14.9. The van der Waals surface area contributed by atoms with Crippen molar-refractivity contribution in [3.63, 3.8) is 0 Å². The summed E-state index contributed by atoms with van der Waals surface area (Å²) in [5, 5.41) is 3.30. The van der Waals surface area contributed by atoms with Crippen molar-refractivity contribution in [3.05, 3.63) is 59.2 Å². The third-order valence-corrected chi connectivity index (χ3v) is 5.17. The molecule has 1 heterocycles. The van der Waals surface area contributed by atoms with Gasteiger partial charge in [0.25, 0.3) is 5.91 Å². The third kappa shape index (κ3) is 3.98. The average molecular weight is 360 g/mol. The van der Waals surface area contributed by atoms with Crippen LogP contribution in [-0.4, -0.2) is 25.6 Å². The molecule has 24 heavy (non-hydrogen) atoms. The first-order valence-corrected chi connectivity index (χ1v) is 10.1. The Kier molecular flexibility index (Phi) is 4.38. The van der Waals surface area contributed by atoms with E-state index < -0.39 is 9.84 Å². The lowest BCUT2D eigenvalue weighted by Gasteiger charge is -2.04. The van der Waals surface area contributed by atoms with E-state index in [2.05, 4.69) is 10.3 Å². The Morgan fingerprint density at radius 2 is 2.00 bits per heavy atom. The summed E-state index contributed by atoms with van der Waals surface area (Å²) in [4.78, 5) is 16.8. The van der Waals surface area contributed by atoms with Gasteiger partial charge in [-0.15, -0.1) is 0 Å². The minimum atomic E-state index is -3.14. The molecule has 2 aromatic carbocycles. The van der Waals surface area contributed by atoms with Crippen molar-refractivity contribution in [2.45, 2.75) is 12.7 Å². The predicted octanol–water partition coefficient (Wildman–Crippen LogP) is 3.40. The van der Waals surface area contributed by atoms with Crippen LogP contribution in [0.15, 0.2) is 42.5 Å². The molecule has 1 N–H and O–H groups in total. The number of hydrogen-bond acceptors (Lipinski definition) is 5. The number of carbonyl (C=O) groups is 1. The van der Waals surface area contributed by atoms with Crippen molar-refractivity contribution < 1.29 is 13.2 Å². The topological polar surface area (TPSA) is 76.1 Å². The lowest BCUT2D eigenvalue weighted by molar-refractivity contribution is 0.102. The maximum absolute atomic E-state index is 12.4. The van der Waals surface area contributed by atoms with Crippen molar-refractivity contribution in [2.24, 2.45) is 0 Å². The van der Waals surface area contributed by atoms with E-state index in [1.165, 1.54) is 17.6 Å². The van der Waals surface area contributed by atoms with Crippen LogP contribution in [0.4, 0.5) is 5.13 Å². The van der Waals surface area contributed by atoms with E-state index in [0.29, 0.717) is 16.3 Å². The summed E-state index contributed by atoms with van der Waals surface area (Å²) in [6.45, 7) is 2.00. The van der Waals surface area contributed by atoms with Crippen LogP contribution in [0.25, 0.3) is 10.2 Å². The van der Waals surface area contributed by atoms with Crippen molar-refractivity contribution in [2.75, 3.05) is 11.6 Å². The Morgan fingerprint density at radius 1 is 1.21 bits per heavy atom. The summed E-state index contributed by atoms with van der Waals surface area (Å²) >= 11 is 1.41. The van der Waals surface area contributed by atoms with Gasteiger partial charge in [0.15, 0.2) is 15.0 Å². The fraction of sp³-hybridized carbons (Fsp3) is 0.176. The zero-order chi connectivity index (χ0) is 17.3. The van der Waals surface area contributed by atoms with Gasteiger partial charge in [0.05, 0.1) is 16.0 Å². The number of amides is 1. The van der Waals surface area contributed by atoms with E-state index in [-0.39, 0.29) is 11.7 Å². The van der Waals surface area contributed by atoms with Gasteiger partial charge in [-0.2, -0.15) is 0 Å². The number of carbonyl (C=O) groups excluding carboxylic acids is 1. The second kappa shape index (κ2) is 6.33. The molecule has 0 unspecified atom stereocenters. The summed E-state index contributed by atoms with van der Waals surface area (Å²) in [6, 6.07) is 12.5. The maximum atomic E-state index is 12.4. The standard InChI is InChI=1S/C17H16N2O3S2/c1-11-6-7-14-15(8-11)23-17(18-14)19-16(20)13-5-3-4-12(9-13)10-24(2,21)22/h3-9H,10H2,1-2H3,(H,18,19,20). The quantitative estimate of drug-likeness (QED) is 0.774. The van der Waals surface area contributed by atoms with Crippen LogP contribution in [0.1, 0.15) is 21.5 Å². The Labute approximate surface area is 144 Å². The van der Waals surface area contributed by atoms with Gasteiger partial charge in [-0.1, -0.05) is 29.5 Å². The molecule has 0 spiro atoms. The van der Waals surface area contributed by atoms with Gasteiger partial charge in [-0.25, -0.2) is 13.4 Å². The number of fused-ring (bicyclic) bond motifs is 1. The maximum Gasteiger partial charge on any atom is 0.257 e. The highest BCUT2D eigenvalue weighted by Crippen LogP contribution is 2.27. The van der Waals surface area contributed by atoms with Crippen molar-refractivity contribution in [3.8, 4) is 0 Å². The van der Waals surface area contributed by atoms with Crippen LogP contribution in [0.2, 0.25) is 0 Å². The number of aryl methyl sites for hydroxylation is 1. The van der Waals surface area contributed by atoms with Crippen molar-refractivity contribution in [1.82, 2.24) is 4.98 Å². The van der Waals surface area contributed by atoms with E-state index in [1.807, 2.05) is 25.1 Å². The molecule has 0 saturated carbocycles. The van der Waals surface area contributed by atoms with Crippen LogP contribution in [-0.2, 0) is 15.6 Å². The first-order valence-electron chi connectivity index (χ1n) is 7.25. The Morgan fingerprint density at radius 3 is 2.75 bits per heavy atom. The molecule has 1 aromatic heterocycles. The fourth-order valence-corrected chi connectivity index (χ4v) is 4.10. The molecule has 0 aliphatic carbocycles. The molecule has 0 fully saturated rings. The van der Waals surface area contributed by atoms with E-state index in [0.717, 1.165) is 15.8 Å². The van der Waals surface area contributed by atoms with Crippen LogP contribution in [0.5, 0.6) is 0 Å². The van der Waals surface area contributed by atoms with Gasteiger partial charge in [0.2, 0.25) is 0 Å². The van der Waals surface area contributed by atoms with Crippen LogP contribution in [0.3, 0.4) is 0 Å².